The second-order valence-electron chi connectivity index (χ2n) is 4.30. The molecule has 2 heteroatoms. The number of benzene rings is 1. The third-order valence-corrected chi connectivity index (χ3v) is 3.11. The first-order chi connectivity index (χ1) is 8.22. The molecule has 1 atom stereocenters. The molecule has 88 valence electrons. The van der Waals surface area contributed by atoms with Gasteiger partial charge in [-0.25, -0.2) is 0 Å². The van der Waals surface area contributed by atoms with Crippen molar-refractivity contribution in [1.29, 1.82) is 0 Å². The van der Waals surface area contributed by atoms with Crippen LogP contribution in [0.2, 0.25) is 0 Å². The van der Waals surface area contributed by atoms with E-state index in [4.69, 9.17) is 0 Å². The van der Waals surface area contributed by atoms with E-state index in [0.717, 1.165) is 17.5 Å². The Bertz CT molecular complexity index is 499. The van der Waals surface area contributed by atoms with E-state index in [1.807, 2.05) is 48.8 Å². The largest absolute Gasteiger partial charge is 0.351 e. The van der Waals surface area contributed by atoms with Crippen LogP contribution in [0.1, 0.15) is 42.2 Å². The Labute approximate surface area is 102 Å². The Kier molecular flexibility index (Phi) is 3.43. The predicted octanol–water partition coefficient (Wildman–Crippen LogP) is 3.69. The fourth-order valence-electron chi connectivity index (χ4n) is 1.79. The quantitative estimate of drug-likeness (QED) is 0.730. The van der Waals surface area contributed by atoms with Crippen molar-refractivity contribution in [2.45, 2.75) is 26.3 Å². The molecule has 0 aliphatic rings. The maximum absolute atomic E-state index is 12.2. The van der Waals surface area contributed by atoms with Crippen molar-refractivity contribution in [3.05, 3.63) is 59.9 Å². The zero-order valence-corrected chi connectivity index (χ0v) is 10.3. The van der Waals surface area contributed by atoms with Crippen LogP contribution >= 0.6 is 0 Å². The van der Waals surface area contributed by atoms with Crippen LogP contribution < -0.4 is 0 Å². The van der Waals surface area contributed by atoms with Crippen LogP contribution in [0.15, 0.2) is 48.8 Å². The maximum atomic E-state index is 12.2. The molecule has 17 heavy (non-hydrogen) atoms. The zero-order chi connectivity index (χ0) is 12.3. The average molecular weight is 227 g/mol. The molecule has 0 N–H and O–H groups in total. The molecule has 0 aliphatic carbocycles. The van der Waals surface area contributed by atoms with Crippen molar-refractivity contribution < 1.29 is 4.79 Å². The fourth-order valence-corrected chi connectivity index (χ4v) is 1.79. The molecule has 1 unspecified atom stereocenters. The first-order valence-electron chi connectivity index (χ1n) is 5.99. The van der Waals surface area contributed by atoms with Gasteiger partial charge in [0.25, 0.3) is 0 Å². The summed E-state index contributed by atoms with van der Waals surface area (Å²) in [7, 11) is 0. The Morgan fingerprint density at radius 2 is 1.88 bits per heavy atom. The van der Waals surface area contributed by atoms with Crippen LogP contribution in [-0.2, 0) is 0 Å². The third-order valence-electron chi connectivity index (χ3n) is 3.11. The lowest BCUT2D eigenvalue weighted by Gasteiger charge is -2.09. The predicted molar refractivity (Wildman–Crippen MR) is 69.3 cm³/mol. The lowest BCUT2D eigenvalue weighted by molar-refractivity contribution is 0.103. The van der Waals surface area contributed by atoms with E-state index in [2.05, 4.69) is 18.4 Å². The van der Waals surface area contributed by atoms with Gasteiger partial charge >= 0.3 is 0 Å². The van der Waals surface area contributed by atoms with Crippen molar-refractivity contribution in [3.63, 3.8) is 0 Å². The Morgan fingerprint density at radius 1 is 1.18 bits per heavy atom. The molecule has 0 bridgehead atoms. The van der Waals surface area contributed by atoms with Gasteiger partial charge in [-0.15, -0.1) is 0 Å². The number of hydrogen-bond donors (Lipinski definition) is 0. The molecule has 1 heterocycles. The molecule has 2 rings (SSSR count). The first-order valence-corrected chi connectivity index (χ1v) is 5.99. The van der Waals surface area contributed by atoms with E-state index in [1.165, 1.54) is 0 Å². The standard InChI is InChI=1S/C15H17NO/c1-3-12(2)16-10-9-14(11-16)15(17)13-7-5-4-6-8-13/h4-12H,3H2,1-2H3. The summed E-state index contributed by atoms with van der Waals surface area (Å²) in [5.41, 5.74) is 1.51. The molecular formula is C15H17NO. The van der Waals surface area contributed by atoms with E-state index in [1.54, 1.807) is 0 Å². The number of ketones is 1. The Morgan fingerprint density at radius 3 is 2.53 bits per heavy atom. The zero-order valence-electron chi connectivity index (χ0n) is 10.3. The van der Waals surface area contributed by atoms with E-state index in [-0.39, 0.29) is 5.78 Å². The minimum Gasteiger partial charge on any atom is -0.351 e. The van der Waals surface area contributed by atoms with Crippen molar-refractivity contribution >= 4 is 5.78 Å². The number of carbonyl (C=O) groups is 1. The number of carbonyl (C=O) groups excluding carboxylic acids is 1. The average Bonchev–Trinajstić information content (AvgIpc) is 2.87. The minimum atomic E-state index is 0.0904. The summed E-state index contributed by atoms with van der Waals surface area (Å²) in [4.78, 5) is 12.2. The number of aromatic nitrogens is 1. The SMILES string of the molecule is CCC(C)n1ccc(C(=O)c2ccccc2)c1. The molecule has 0 saturated heterocycles. The summed E-state index contributed by atoms with van der Waals surface area (Å²) in [6, 6.07) is 11.7. The summed E-state index contributed by atoms with van der Waals surface area (Å²) in [5.74, 6) is 0.0904. The van der Waals surface area contributed by atoms with Gasteiger partial charge in [0.15, 0.2) is 5.78 Å². The van der Waals surface area contributed by atoms with E-state index in [0.29, 0.717) is 6.04 Å². The molecule has 0 fully saturated rings. The molecule has 0 aliphatic heterocycles. The first kappa shape index (κ1) is 11.6. The highest BCUT2D eigenvalue weighted by molar-refractivity contribution is 6.08. The van der Waals surface area contributed by atoms with Gasteiger partial charge in [0, 0.05) is 29.6 Å². The van der Waals surface area contributed by atoms with E-state index >= 15 is 0 Å². The highest BCUT2D eigenvalue weighted by atomic mass is 16.1. The summed E-state index contributed by atoms with van der Waals surface area (Å²) in [5, 5.41) is 0. The van der Waals surface area contributed by atoms with Crippen LogP contribution in [0, 0.1) is 0 Å². The third kappa shape index (κ3) is 2.47. The second-order valence-corrected chi connectivity index (χ2v) is 4.30. The van der Waals surface area contributed by atoms with Gasteiger partial charge in [0.1, 0.15) is 0 Å². The normalized spacial score (nSPS) is 12.4. The van der Waals surface area contributed by atoms with Crippen LogP contribution in [0.25, 0.3) is 0 Å². The van der Waals surface area contributed by atoms with E-state index in [9.17, 15) is 4.79 Å². The summed E-state index contributed by atoms with van der Waals surface area (Å²) in [6.07, 6.45) is 4.97. The van der Waals surface area contributed by atoms with Gasteiger partial charge in [-0.1, -0.05) is 37.3 Å². The summed E-state index contributed by atoms with van der Waals surface area (Å²) in [6.45, 7) is 4.29. The Hall–Kier alpha value is -1.83. The number of hydrogen-bond acceptors (Lipinski definition) is 1. The number of nitrogens with zero attached hydrogens (tertiary/aromatic N) is 1. The van der Waals surface area contributed by atoms with Crippen LogP contribution in [0.5, 0.6) is 0 Å². The molecule has 2 aromatic rings. The lowest BCUT2D eigenvalue weighted by Crippen LogP contribution is -2.02. The molecule has 1 aromatic carbocycles. The van der Waals surface area contributed by atoms with Gasteiger partial charge in [-0.2, -0.15) is 0 Å². The molecule has 2 nitrogen and oxygen atoms in total. The maximum Gasteiger partial charge on any atom is 0.194 e. The van der Waals surface area contributed by atoms with Gasteiger partial charge < -0.3 is 4.57 Å². The molecule has 1 aromatic heterocycles. The summed E-state index contributed by atoms with van der Waals surface area (Å²) >= 11 is 0. The van der Waals surface area contributed by atoms with Crippen molar-refractivity contribution in [3.8, 4) is 0 Å². The lowest BCUT2D eigenvalue weighted by atomic mass is 10.1. The molecule has 0 amide bonds. The highest BCUT2D eigenvalue weighted by Gasteiger charge is 2.11. The second kappa shape index (κ2) is 5.00. The van der Waals surface area contributed by atoms with Crippen molar-refractivity contribution in [2.75, 3.05) is 0 Å². The van der Waals surface area contributed by atoms with Crippen LogP contribution in [0.3, 0.4) is 0 Å². The Balaban J connectivity index is 2.24. The van der Waals surface area contributed by atoms with Gasteiger partial charge in [0.2, 0.25) is 0 Å². The molecule has 0 saturated carbocycles. The van der Waals surface area contributed by atoms with Crippen LogP contribution in [-0.4, -0.2) is 10.4 Å². The van der Waals surface area contributed by atoms with E-state index < -0.39 is 0 Å². The molecular weight excluding hydrogens is 210 g/mol. The van der Waals surface area contributed by atoms with Crippen LogP contribution in [0.4, 0.5) is 0 Å². The van der Waals surface area contributed by atoms with Crippen molar-refractivity contribution in [2.24, 2.45) is 0 Å². The minimum absolute atomic E-state index is 0.0904. The topological polar surface area (TPSA) is 22.0 Å². The smallest absolute Gasteiger partial charge is 0.194 e. The van der Waals surface area contributed by atoms with Gasteiger partial charge in [-0.3, -0.25) is 4.79 Å². The highest BCUT2D eigenvalue weighted by Crippen LogP contribution is 2.15. The monoisotopic (exact) mass is 227 g/mol. The van der Waals surface area contributed by atoms with Gasteiger partial charge in [0.05, 0.1) is 0 Å². The van der Waals surface area contributed by atoms with Crippen molar-refractivity contribution in [1.82, 2.24) is 4.57 Å². The fraction of sp³-hybridized carbons (Fsp3) is 0.267. The number of rotatable bonds is 4. The molecule has 0 radical (unpaired) electrons. The molecule has 0 spiro atoms. The van der Waals surface area contributed by atoms with Gasteiger partial charge in [-0.05, 0) is 19.4 Å². The summed E-state index contributed by atoms with van der Waals surface area (Å²) < 4.78 is 2.09.